The van der Waals surface area contributed by atoms with E-state index in [0.717, 1.165) is 5.56 Å². The van der Waals surface area contributed by atoms with Crippen LogP contribution >= 0.6 is 0 Å². The van der Waals surface area contributed by atoms with Crippen LogP contribution in [0.2, 0.25) is 0 Å². The lowest BCUT2D eigenvalue weighted by Gasteiger charge is -2.07. The molecule has 0 fully saturated rings. The third-order valence-electron chi connectivity index (χ3n) is 2.19. The van der Waals surface area contributed by atoms with Crippen LogP contribution in [-0.4, -0.2) is 9.55 Å². The Labute approximate surface area is 86.4 Å². The normalized spacial score (nSPS) is 9.93. The number of nitriles is 1. The lowest BCUT2D eigenvalue weighted by molar-refractivity contribution is 0.622. The SMILES string of the molecule is Cc1cc(C#N)c(F)cc1-n1ccnc1. The molecule has 4 heteroatoms. The van der Waals surface area contributed by atoms with Gasteiger partial charge in [-0.2, -0.15) is 5.26 Å². The van der Waals surface area contributed by atoms with Gasteiger partial charge in [0.1, 0.15) is 11.9 Å². The minimum atomic E-state index is -0.508. The summed E-state index contributed by atoms with van der Waals surface area (Å²) in [5.41, 5.74) is 1.60. The zero-order chi connectivity index (χ0) is 10.8. The zero-order valence-corrected chi connectivity index (χ0v) is 8.11. The fourth-order valence-corrected chi connectivity index (χ4v) is 1.44. The summed E-state index contributed by atoms with van der Waals surface area (Å²) in [6, 6.07) is 4.68. The molecule has 3 nitrogen and oxygen atoms in total. The van der Waals surface area contributed by atoms with E-state index in [1.54, 1.807) is 23.3 Å². The molecule has 0 saturated carbocycles. The van der Waals surface area contributed by atoms with E-state index in [1.165, 1.54) is 12.1 Å². The second-order valence-electron chi connectivity index (χ2n) is 3.20. The number of benzene rings is 1. The molecule has 0 N–H and O–H groups in total. The van der Waals surface area contributed by atoms with Crippen molar-refractivity contribution in [1.29, 1.82) is 5.26 Å². The van der Waals surface area contributed by atoms with E-state index in [-0.39, 0.29) is 5.56 Å². The van der Waals surface area contributed by atoms with Gasteiger partial charge < -0.3 is 4.57 Å². The lowest BCUT2D eigenvalue weighted by atomic mass is 10.1. The monoisotopic (exact) mass is 201 g/mol. The van der Waals surface area contributed by atoms with Crippen molar-refractivity contribution in [3.8, 4) is 11.8 Å². The number of aryl methyl sites for hydroxylation is 1. The van der Waals surface area contributed by atoms with Gasteiger partial charge in [-0.3, -0.25) is 0 Å². The number of imidazole rings is 1. The van der Waals surface area contributed by atoms with Crippen LogP contribution in [0.15, 0.2) is 30.9 Å². The van der Waals surface area contributed by atoms with Gasteiger partial charge in [-0.25, -0.2) is 9.37 Å². The van der Waals surface area contributed by atoms with Gasteiger partial charge in [-0.05, 0) is 24.6 Å². The van der Waals surface area contributed by atoms with Crippen molar-refractivity contribution in [2.45, 2.75) is 6.92 Å². The van der Waals surface area contributed by atoms with Crippen molar-refractivity contribution >= 4 is 0 Å². The summed E-state index contributed by atoms with van der Waals surface area (Å²) >= 11 is 0. The largest absolute Gasteiger partial charge is 0.306 e. The van der Waals surface area contributed by atoms with Gasteiger partial charge in [0, 0.05) is 12.4 Å². The molecule has 0 aliphatic heterocycles. The Morgan fingerprint density at radius 2 is 2.27 bits per heavy atom. The molecular formula is C11H8FN3. The topological polar surface area (TPSA) is 41.6 Å². The van der Waals surface area contributed by atoms with Crippen molar-refractivity contribution in [1.82, 2.24) is 9.55 Å². The fraction of sp³-hybridized carbons (Fsp3) is 0.0909. The highest BCUT2D eigenvalue weighted by Gasteiger charge is 2.07. The fourth-order valence-electron chi connectivity index (χ4n) is 1.44. The first kappa shape index (κ1) is 9.41. The lowest BCUT2D eigenvalue weighted by Crippen LogP contribution is -1.97. The summed E-state index contributed by atoms with van der Waals surface area (Å²) in [6.07, 6.45) is 4.94. The second kappa shape index (κ2) is 3.54. The molecule has 1 aromatic heterocycles. The van der Waals surface area contributed by atoms with Crippen molar-refractivity contribution in [3.05, 3.63) is 47.8 Å². The number of nitrogens with zero attached hydrogens (tertiary/aromatic N) is 3. The van der Waals surface area contributed by atoms with E-state index in [0.29, 0.717) is 5.69 Å². The number of halogens is 1. The van der Waals surface area contributed by atoms with E-state index in [4.69, 9.17) is 5.26 Å². The molecule has 1 heterocycles. The van der Waals surface area contributed by atoms with Crippen molar-refractivity contribution in [2.24, 2.45) is 0 Å². The van der Waals surface area contributed by atoms with Gasteiger partial charge >= 0.3 is 0 Å². The Morgan fingerprint density at radius 3 is 2.87 bits per heavy atom. The number of aromatic nitrogens is 2. The molecule has 0 atom stereocenters. The van der Waals surface area contributed by atoms with Gasteiger partial charge in [0.2, 0.25) is 0 Å². The third kappa shape index (κ3) is 1.59. The summed E-state index contributed by atoms with van der Waals surface area (Å²) < 4.78 is 15.1. The van der Waals surface area contributed by atoms with Crippen molar-refractivity contribution < 1.29 is 4.39 Å². The molecule has 0 spiro atoms. The molecule has 1 aromatic carbocycles. The number of hydrogen-bond acceptors (Lipinski definition) is 2. The summed E-state index contributed by atoms with van der Waals surface area (Å²) in [5.74, 6) is -0.508. The average molecular weight is 201 g/mol. The Hall–Kier alpha value is -2.15. The van der Waals surface area contributed by atoms with Crippen LogP contribution in [0.4, 0.5) is 4.39 Å². The predicted molar refractivity (Wildman–Crippen MR) is 53.0 cm³/mol. The summed E-state index contributed by atoms with van der Waals surface area (Å²) in [4.78, 5) is 3.89. The molecule has 0 bridgehead atoms. The van der Waals surface area contributed by atoms with Gasteiger partial charge in [-0.1, -0.05) is 0 Å². The molecule has 0 unspecified atom stereocenters. The molecule has 0 radical (unpaired) electrons. The Kier molecular flexibility index (Phi) is 2.22. The molecular weight excluding hydrogens is 193 g/mol. The predicted octanol–water partition coefficient (Wildman–Crippen LogP) is 2.19. The van der Waals surface area contributed by atoms with Crippen LogP contribution in [0, 0.1) is 24.1 Å². The molecule has 0 aliphatic rings. The molecule has 15 heavy (non-hydrogen) atoms. The maximum absolute atomic E-state index is 13.4. The minimum Gasteiger partial charge on any atom is -0.306 e. The van der Waals surface area contributed by atoms with Gasteiger partial charge in [0.05, 0.1) is 17.6 Å². The van der Waals surface area contributed by atoms with E-state index in [1.807, 2.05) is 13.0 Å². The molecule has 0 aliphatic carbocycles. The number of hydrogen-bond donors (Lipinski definition) is 0. The maximum Gasteiger partial charge on any atom is 0.143 e. The minimum absolute atomic E-state index is 0.0661. The van der Waals surface area contributed by atoms with Gasteiger partial charge in [0.25, 0.3) is 0 Å². The molecule has 2 rings (SSSR count). The Balaban J connectivity index is 2.61. The molecule has 74 valence electrons. The quantitative estimate of drug-likeness (QED) is 0.709. The summed E-state index contributed by atoms with van der Waals surface area (Å²) in [6.45, 7) is 1.83. The van der Waals surface area contributed by atoms with E-state index < -0.39 is 5.82 Å². The first-order chi connectivity index (χ1) is 7.22. The summed E-state index contributed by atoms with van der Waals surface area (Å²) in [7, 11) is 0. The van der Waals surface area contributed by atoms with Crippen LogP contribution in [0.25, 0.3) is 5.69 Å². The second-order valence-corrected chi connectivity index (χ2v) is 3.20. The van der Waals surface area contributed by atoms with Gasteiger partial charge in [-0.15, -0.1) is 0 Å². The maximum atomic E-state index is 13.4. The zero-order valence-electron chi connectivity index (χ0n) is 8.11. The van der Waals surface area contributed by atoms with E-state index >= 15 is 0 Å². The molecule has 0 saturated heterocycles. The van der Waals surface area contributed by atoms with E-state index in [9.17, 15) is 4.39 Å². The Morgan fingerprint density at radius 1 is 1.47 bits per heavy atom. The summed E-state index contributed by atoms with van der Waals surface area (Å²) in [5, 5.41) is 8.66. The molecule has 2 aromatic rings. The highest BCUT2D eigenvalue weighted by molar-refractivity contribution is 5.47. The van der Waals surface area contributed by atoms with Crippen LogP contribution in [0.1, 0.15) is 11.1 Å². The van der Waals surface area contributed by atoms with Crippen molar-refractivity contribution in [3.63, 3.8) is 0 Å². The third-order valence-corrected chi connectivity index (χ3v) is 2.19. The standard InChI is InChI=1S/C11H8FN3/c1-8-4-9(6-13)10(12)5-11(8)15-3-2-14-7-15/h2-5,7H,1H3. The van der Waals surface area contributed by atoms with Crippen LogP contribution in [0.3, 0.4) is 0 Å². The Bertz CT molecular complexity index is 524. The highest BCUT2D eigenvalue weighted by Crippen LogP contribution is 2.18. The average Bonchev–Trinajstić information content (AvgIpc) is 2.74. The van der Waals surface area contributed by atoms with Crippen LogP contribution in [-0.2, 0) is 0 Å². The van der Waals surface area contributed by atoms with Gasteiger partial charge in [0.15, 0.2) is 0 Å². The van der Waals surface area contributed by atoms with E-state index in [2.05, 4.69) is 4.98 Å². The first-order valence-corrected chi connectivity index (χ1v) is 4.41. The number of rotatable bonds is 1. The smallest absolute Gasteiger partial charge is 0.143 e. The van der Waals surface area contributed by atoms with Crippen LogP contribution in [0.5, 0.6) is 0 Å². The molecule has 0 amide bonds. The highest BCUT2D eigenvalue weighted by atomic mass is 19.1. The van der Waals surface area contributed by atoms with Crippen LogP contribution < -0.4 is 0 Å². The van der Waals surface area contributed by atoms with Crippen molar-refractivity contribution in [2.75, 3.05) is 0 Å². The first-order valence-electron chi connectivity index (χ1n) is 4.41.